The van der Waals surface area contributed by atoms with Crippen molar-refractivity contribution in [1.29, 1.82) is 0 Å². The Hall–Kier alpha value is -3.32. The monoisotopic (exact) mass is 415 g/mol. The lowest BCUT2D eigenvalue weighted by Crippen LogP contribution is -2.63. The van der Waals surface area contributed by atoms with Crippen molar-refractivity contribution < 1.29 is 9.47 Å². The van der Waals surface area contributed by atoms with Crippen LogP contribution in [0.4, 0.5) is 11.5 Å². The number of hydrogen-bond acceptors (Lipinski definition) is 6. The van der Waals surface area contributed by atoms with Crippen LogP contribution in [0.3, 0.4) is 0 Å². The molecule has 4 aromatic rings. The lowest BCUT2D eigenvalue weighted by atomic mass is 9.56. The molecule has 2 bridgehead atoms. The van der Waals surface area contributed by atoms with Gasteiger partial charge in [-0.05, 0) is 37.5 Å². The van der Waals surface area contributed by atoms with E-state index in [4.69, 9.17) is 15.2 Å². The minimum absolute atomic E-state index is 0.130. The number of nitrogens with two attached hydrogens (primary N) is 1. The van der Waals surface area contributed by atoms with Gasteiger partial charge in [-0.3, -0.25) is 0 Å². The van der Waals surface area contributed by atoms with Crippen molar-refractivity contribution in [3.63, 3.8) is 0 Å². The molecule has 158 valence electrons. The molecule has 0 spiro atoms. The number of rotatable bonds is 6. The summed E-state index contributed by atoms with van der Waals surface area (Å²) in [6.07, 6.45) is 10.5. The third kappa shape index (κ3) is 3.16. The summed E-state index contributed by atoms with van der Waals surface area (Å²) in [5, 5.41) is 5.67. The number of anilines is 2. The summed E-state index contributed by atoms with van der Waals surface area (Å²) in [5.74, 6) is 1.43. The maximum Gasteiger partial charge on any atom is 0.140 e. The average Bonchev–Trinajstić information content (AvgIpc) is 3.24. The van der Waals surface area contributed by atoms with Crippen LogP contribution in [0.2, 0.25) is 0 Å². The van der Waals surface area contributed by atoms with Crippen molar-refractivity contribution in [2.24, 2.45) is 5.41 Å². The molecule has 1 aliphatic carbocycles. The Morgan fingerprint density at radius 3 is 2.97 bits per heavy atom. The molecule has 5 heterocycles. The van der Waals surface area contributed by atoms with Gasteiger partial charge in [-0.25, -0.2) is 9.97 Å². The highest BCUT2D eigenvalue weighted by Gasteiger charge is 2.58. The first-order valence-corrected chi connectivity index (χ1v) is 10.7. The lowest BCUT2D eigenvalue weighted by Gasteiger charge is -2.59. The van der Waals surface area contributed by atoms with E-state index in [0.29, 0.717) is 12.4 Å². The van der Waals surface area contributed by atoms with Gasteiger partial charge in [0.25, 0.3) is 0 Å². The fourth-order valence-electron chi connectivity index (χ4n) is 5.29. The molecule has 7 rings (SSSR count). The zero-order valence-corrected chi connectivity index (χ0v) is 17.3. The summed E-state index contributed by atoms with van der Waals surface area (Å²) in [7, 11) is 0. The summed E-state index contributed by atoms with van der Waals surface area (Å²) in [5.41, 5.74) is 8.07. The number of nitrogen functional groups attached to an aromatic ring is 1. The van der Waals surface area contributed by atoms with Crippen LogP contribution in [-0.4, -0.2) is 39.7 Å². The van der Waals surface area contributed by atoms with E-state index < -0.39 is 0 Å². The highest BCUT2D eigenvalue weighted by molar-refractivity contribution is 5.99. The maximum absolute atomic E-state index is 6.24. The molecule has 0 amide bonds. The molecule has 1 saturated carbocycles. The molecule has 3 fully saturated rings. The molecule has 31 heavy (non-hydrogen) atoms. The summed E-state index contributed by atoms with van der Waals surface area (Å²) < 4.78 is 14.4. The number of fused-ring (bicyclic) bond motifs is 4. The number of nitrogens with one attached hydrogen (secondary N) is 1. The highest BCUT2D eigenvalue weighted by Crippen LogP contribution is 2.56. The highest BCUT2D eigenvalue weighted by atomic mass is 16.5. The predicted octanol–water partition coefficient (Wildman–Crippen LogP) is 3.89. The summed E-state index contributed by atoms with van der Waals surface area (Å²) in [4.78, 5) is 8.53. The van der Waals surface area contributed by atoms with Crippen LogP contribution in [0.15, 0.2) is 61.2 Å². The number of hydrogen-bond donors (Lipinski definition) is 2. The molecule has 0 unspecified atom stereocenters. The average molecular weight is 415 g/mol. The molecular weight excluding hydrogens is 390 g/mol. The Labute approximate surface area is 180 Å². The van der Waals surface area contributed by atoms with Crippen molar-refractivity contribution >= 4 is 27.9 Å². The van der Waals surface area contributed by atoms with Gasteiger partial charge in [0, 0.05) is 65.9 Å². The summed E-state index contributed by atoms with van der Waals surface area (Å²) >= 11 is 0. The molecule has 7 heteroatoms. The fourth-order valence-corrected chi connectivity index (χ4v) is 5.29. The van der Waals surface area contributed by atoms with Crippen molar-refractivity contribution in [2.75, 3.05) is 30.8 Å². The third-order valence-electron chi connectivity index (χ3n) is 6.79. The topological polar surface area (TPSA) is 86.7 Å². The Morgan fingerprint density at radius 1 is 1.10 bits per heavy atom. The van der Waals surface area contributed by atoms with Gasteiger partial charge in [-0.1, -0.05) is 12.1 Å². The standard InChI is InChI=1S/C24H25N5O2/c25-22-19-2-1-3-20(18(19)4-7-27-22)28-15-24-13-23(14-24,6-11-31-24)16-30-17-5-9-29-10-8-26-21(29)12-17/h1-5,7-10,12,28H,6,11,13-16H2,(H2,25,27). The van der Waals surface area contributed by atoms with E-state index in [1.807, 2.05) is 47.1 Å². The van der Waals surface area contributed by atoms with Crippen molar-refractivity contribution in [3.8, 4) is 5.75 Å². The van der Waals surface area contributed by atoms with Crippen molar-refractivity contribution in [1.82, 2.24) is 14.4 Å². The van der Waals surface area contributed by atoms with Crippen LogP contribution >= 0.6 is 0 Å². The second kappa shape index (κ2) is 6.85. The Morgan fingerprint density at radius 2 is 2.03 bits per heavy atom. The van der Waals surface area contributed by atoms with Crippen LogP contribution in [0.5, 0.6) is 5.75 Å². The van der Waals surface area contributed by atoms with Crippen LogP contribution < -0.4 is 15.8 Å². The molecule has 2 saturated heterocycles. The van der Waals surface area contributed by atoms with E-state index in [1.54, 1.807) is 12.4 Å². The van der Waals surface area contributed by atoms with Gasteiger partial charge in [0.1, 0.15) is 17.2 Å². The predicted molar refractivity (Wildman–Crippen MR) is 120 cm³/mol. The quantitative estimate of drug-likeness (QED) is 0.497. The second-order valence-corrected chi connectivity index (χ2v) is 8.93. The first-order chi connectivity index (χ1) is 15.1. The SMILES string of the molecule is Nc1nccc2c(NCC34CC(COc5ccn6ccnc6c5)(CCO3)C4)cccc12. The van der Waals surface area contributed by atoms with E-state index in [9.17, 15) is 0 Å². The Kier molecular flexibility index (Phi) is 4.08. The number of ether oxygens (including phenoxy) is 2. The molecule has 3 aromatic heterocycles. The molecule has 2 aliphatic heterocycles. The van der Waals surface area contributed by atoms with Gasteiger partial charge in [0.15, 0.2) is 0 Å². The molecule has 3 aliphatic rings. The minimum atomic E-state index is -0.130. The van der Waals surface area contributed by atoms with E-state index >= 15 is 0 Å². The van der Waals surface area contributed by atoms with Crippen LogP contribution in [0.25, 0.3) is 16.4 Å². The Balaban J connectivity index is 1.13. The van der Waals surface area contributed by atoms with Gasteiger partial charge >= 0.3 is 0 Å². The first kappa shape index (κ1) is 18.4. The molecule has 3 N–H and O–H groups in total. The third-order valence-corrected chi connectivity index (χ3v) is 6.79. The second-order valence-electron chi connectivity index (χ2n) is 8.93. The van der Waals surface area contributed by atoms with Crippen molar-refractivity contribution in [2.45, 2.75) is 24.9 Å². The molecule has 0 radical (unpaired) electrons. The number of aromatic nitrogens is 3. The van der Waals surface area contributed by atoms with E-state index in [0.717, 1.165) is 60.3 Å². The van der Waals surface area contributed by atoms with E-state index in [2.05, 4.69) is 21.4 Å². The largest absolute Gasteiger partial charge is 0.493 e. The van der Waals surface area contributed by atoms with Crippen LogP contribution in [0, 0.1) is 5.41 Å². The van der Waals surface area contributed by atoms with Gasteiger partial charge in [0.05, 0.1) is 12.2 Å². The van der Waals surface area contributed by atoms with Gasteiger partial charge in [0.2, 0.25) is 0 Å². The number of benzene rings is 1. The first-order valence-electron chi connectivity index (χ1n) is 10.7. The molecule has 0 atom stereocenters. The molecule has 1 aromatic carbocycles. The van der Waals surface area contributed by atoms with E-state index in [1.165, 1.54) is 0 Å². The maximum atomic E-state index is 6.24. The number of nitrogens with zero attached hydrogens (tertiary/aromatic N) is 3. The van der Waals surface area contributed by atoms with Gasteiger partial charge in [-0.2, -0.15) is 0 Å². The number of pyridine rings is 2. The van der Waals surface area contributed by atoms with Crippen LogP contribution in [0.1, 0.15) is 19.3 Å². The molecule has 7 nitrogen and oxygen atoms in total. The van der Waals surface area contributed by atoms with Gasteiger partial charge in [-0.15, -0.1) is 0 Å². The van der Waals surface area contributed by atoms with Gasteiger partial charge < -0.3 is 24.9 Å². The van der Waals surface area contributed by atoms with E-state index in [-0.39, 0.29) is 11.0 Å². The zero-order valence-electron chi connectivity index (χ0n) is 17.3. The smallest absolute Gasteiger partial charge is 0.140 e. The van der Waals surface area contributed by atoms with Crippen LogP contribution in [-0.2, 0) is 4.74 Å². The fraction of sp³-hybridized carbons (Fsp3) is 0.333. The zero-order chi connectivity index (χ0) is 20.9. The normalized spacial score (nSPS) is 24.8. The molecular formula is C24H25N5O2. The summed E-state index contributed by atoms with van der Waals surface area (Å²) in [6, 6.07) is 12.1. The van der Waals surface area contributed by atoms with Crippen molar-refractivity contribution in [3.05, 3.63) is 61.2 Å². The lowest BCUT2D eigenvalue weighted by molar-refractivity contribution is -0.225. The summed E-state index contributed by atoms with van der Waals surface area (Å²) in [6.45, 7) is 2.26. The number of imidazole rings is 1. The minimum Gasteiger partial charge on any atom is -0.493 e. The Bertz CT molecular complexity index is 1260.